The summed E-state index contributed by atoms with van der Waals surface area (Å²) in [7, 11) is 1.69. The number of nitrogens with one attached hydrogen (secondary N) is 1. The number of pyridine rings is 1. The fraction of sp³-hybridized carbons (Fsp3) is 0.200. The normalized spacial score (nSPS) is 11.0. The van der Waals surface area contributed by atoms with E-state index in [-0.39, 0.29) is 0 Å². The third-order valence-corrected chi connectivity index (χ3v) is 3.27. The van der Waals surface area contributed by atoms with E-state index in [9.17, 15) is 0 Å². The second-order valence-electron chi connectivity index (χ2n) is 4.69. The third kappa shape index (κ3) is 3.32. The first-order valence-corrected chi connectivity index (χ1v) is 6.95. The lowest BCUT2D eigenvalue weighted by molar-refractivity contribution is 0.185. The number of benzene rings is 1. The second kappa shape index (κ2) is 6.11. The number of nitrogens with zero attached hydrogens (tertiary/aromatic N) is 3. The van der Waals surface area contributed by atoms with Crippen molar-refractivity contribution < 1.29 is 4.74 Å². The quantitative estimate of drug-likeness (QED) is 0.786. The minimum atomic E-state index is 0.578. The molecule has 108 valence electrons. The summed E-state index contributed by atoms with van der Waals surface area (Å²) >= 11 is 5.93. The number of halogens is 1. The fourth-order valence-corrected chi connectivity index (χ4v) is 2.27. The highest BCUT2D eigenvalue weighted by atomic mass is 35.5. The van der Waals surface area contributed by atoms with Crippen LogP contribution < -0.4 is 5.32 Å². The molecule has 1 aromatic carbocycles. The van der Waals surface area contributed by atoms with E-state index in [1.807, 2.05) is 18.2 Å². The van der Waals surface area contributed by atoms with E-state index in [2.05, 4.69) is 27.5 Å². The van der Waals surface area contributed by atoms with Crippen molar-refractivity contribution in [3.8, 4) is 0 Å². The molecule has 3 aromatic rings. The van der Waals surface area contributed by atoms with Crippen LogP contribution in [0.4, 0.5) is 5.95 Å². The molecular weight excluding hydrogens is 288 g/mol. The van der Waals surface area contributed by atoms with E-state index in [0.29, 0.717) is 24.1 Å². The van der Waals surface area contributed by atoms with Gasteiger partial charge in [-0.3, -0.25) is 0 Å². The molecule has 0 aliphatic rings. The Kier molecular flexibility index (Phi) is 4.03. The second-order valence-corrected chi connectivity index (χ2v) is 5.13. The van der Waals surface area contributed by atoms with E-state index in [0.717, 1.165) is 16.8 Å². The number of aromatic nitrogens is 3. The van der Waals surface area contributed by atoms with Crippen LogP contribution in [-0.2, 0) is 17.9 Å². The Bertz CT molecular complexity index is 756. The van der Waals surface area contributed by atoms with Gasteiger partial charge >= 0.3 is 0 Å². The molecule has 2 aromatic heterocycles. The molecule has 0 aliphatic carbocycles. The highest BCUT2D eigenvalue weighted by Gasteiger charge is 2.04. The Morgan fingerprint density at radius 3 is 2.95 bits per heavy atom. The van der Waals surface area contributed by atoms with Crippen molar-refractivity contribution in [1.29, 1.82) is 0 Å². The lowest BCUT2D eigenvalue weighted by Gasteiger charge is -2.05. The summed E-state index contributed by atoms with van der Waals surface area (Å²) in [6.07, 6.45) is 1.73. The molecule has 0 amide bonds. The molecule has 3 rings (SSSR count). The molecule has 0 radical (unpaired) electrons. The third-order valence-electron chi connectivity index (χ3n) is 3.05. The van der Waals surface area contributed by atoms with Gasteiger partial charge in [0.25, 0.3) is 0 Å². The van der Waals surface area contributed by atoms with Gasteiger partial charge in [-0.15, -0.1) is 5.10 Å². The summed E-state index contributed by atoms with van der Waals surface area (Å²) in [5, 5.41) is 8.18. The average molecular weight is 303 g/mol. The van der Waals surface area contributed by atoms with Crippen LogP contribution in [0, 0.1) is 0 Å². The molecule has 21 heavy (non-hydrogen) atoms. The monoisotopic (exact) mass is 302 g/mol. The zero-order valence-corrected chi connectivity index (χ0v) is 12.3. The summed E-state index contributed by atoms with van der Waals surface area (Å²) in [5.74, 6) is 0.578. The van der Waals surface area contributed by atoms with E-state index in [4.69, 9.17) is 16.3 Å². The minimum absolute atomic E-state index is 0.578. The van der Waals surface area contributed by atoms with Crippen molar-refractivity contribution in [1.82, 2.24) is 14.6 Å². The van der Waals surface area contributed by atoms with Gasteiger partial charge in [0.1, 0.15) is 0 Å². The van der Waals surface area contributed by atoms with Gasteiger partial charge < -0.3 is 10.1 Å². The molecule has 5 nitrogen and oxygen atoms in total. The average Bonchev–Trinajstić information content (AvgIpc) is 2.88. The first kappa shape index (κ1) is 13.9. The van der Waals surface area contributed by atoms with Crippen LogP contribution in [0.2, 0.25) is 5.02 Å². The van der Waals surface area contributed by atoms with Crippen molar-refractivity contribution in [3.63, 3.8) is 0 Å². The minimum Gasteiger partial charge on any atom is -0.380 e. The largest absolute Gasteiger partial charge is 0.380 e. The van der Waals surface area contributed by atoms with Gasteiger partial charge in [-0.25, -0.2) is 4.52 Å². The first-order chi connectivity index (χ1) is 10.2. The topological polar surface area (TPSA) is 51.5 Å². The molecule has 0 spiro atoms. The predicted molar refractivity (Wildman–Crippen MR) is 82.5 cm³/mol. The molecule has 0 atom stereocenters. The maximum absolute atomic E-state index is 5.93. The van der Waals surface area contributed by atoms with Crippen LogP contribution in [0.25, 0.3) is 5.65 Å². The van der Waals surface area contributed by atoms with Gasteiger partial charge in [0.15, 0.2) is 5.65 Å². The molecule has 1 N–H and O–H groups in total. The molecule has 6 heteroatoms. The van der Waals surface area contributed by atoms with Gasteiger partial charge in [0.05, 0.1) is 11.6 Å². The Balaban J connectivity index is 1.72. The number of rotatable bonds is 5. The van der Waals surface area contributed by atoms with Crippen molar-refractivity contribution in [2.24, 2.45) is 0 Å². The van der Waals surface area contributed by atoms with Crippen molar-refractivity contribution in [2.75, 3.05) is 12.4 Å². The maximum atomic E-state index is 5.93. The number of hydrogen-bond acceptors (Lipinski definition) is 4. The van der Waals surface area contributed by atoms with Crippen molar-refractivity contribution in [3.05, 3.63) is 58.7 Å². The van der Waals surface area contributed by atoms with Crippen LogP contribution in [0.5, 0.6) is 0 Å². The number of hydrogen-bond donors (Lipinski definition) is 1. The molecule has 0 aliphatic heterocycles. The van der Waals surface area contributed by atoms with Crippen LogP contribution in [0.1, 0.15) is 11.1 Å². The Hall–Kier alpha value is -2.11. The summed E-state index contributed by atoms with van der Waals surface area (Å²) in [5.41, 5.74) is 3.06. The first-order valence-electron chi connectivity index (χ1n) is 6.57. The van der Waals surface area contributed by atoms with Crippen LogP contribution >= 0.6 is 11.6 Å². The molecule has 0 saturated carbocycles. The van der Waals surface area contributed by atoms with Gasteiger partial charge in [-0.2, -0.15) is 4.98 Å². The number of ether oxygens (including phenoxy) is 1. The van der Waals surface area contributed by atoms with Crippen LogP contribution in [0.3, 0.4) is 0 Å². The maximum Gasteiger partial charge on any atom is 0.243 e. The van der Waals surface area contributed by atoms with Crippen molar-refractivity contribution >= 4 is 23.2 Å². The molecule has 0 bridgehead atoms. The lowest BCUT2D eigenvalue weighted by Crippen LogP contribution is -2.02. The van der Waals surface area contributed by atoms with E-state index in [1.165, 1.54) is 0 Å². The zero-order chi connectivity index (χ0) is 14.7. The zero-order valence-electron chi connectivity index (χ0n) is 11.6. The fourth-order valence-electron chi connectivity index (χ4n) is 2.11. The van der Waals surface area contributed by atoms with E-state index >= 15 is 0 Å². The van der Waals surface area contributed by atoms with Gasteiger partial charge in [0, 0.05) is 19.9 Å². The van der Waals surface area contributed by atoms with Crippen molar-refractivity contribution in [2.45, 2.75) is 13.2 Å². The summed E-state index contributed by atoms with van der Waals surface area (Å²) in [6.45, 7) is 1.27. The highest BCUT2D eigenvalue weighted by molar-refractivity contribution is 6.30. The Labute approximate surface area is 127 Å². The van der Waals surface area contributed by atoms with E-state index in [1.54, 1.807) is 23.9 Å². The SMILES string of the molecule is COCc1cccc(CNc2nc3ccc(Cl)cn3n2)c1. The Morgan fingerprint density at radius 2 is 2.10 bits per heavy atom. The predicted octanol–water partition coefficient (Wildman–Crippen LogP) is 3.14. The molecule has 2 heterocycles. The number of anilines is 1. The van der Waals surface area contributed by atoms with Crippen LogP contribution in [-0.4, -0.2) is 21.7 Å². The summed E-state index contributed by atoms with van der Waals surface area (Å²) < 4.78 is 6.79. The summed E-state index contributed by atoms with van der Waals surface area (Å²) in [4.78, 5) is 4.39. The van der Waals surface area contributed by atoms with E-state index < -0.39 is 0 Å². The molecule has 0 fully saturated rings. The molecule has 0 saturated heterocycles. The van der Waals surface area contributed by atoms with Crippen LogP contribution in [0.15, 0.2) is 42.6 Å². The number of fused-ring (bicyclic) bond motifs is 1. The standard InChI is InChI=1S/C15H15ClN4O/c1-21-10-12-4-2-3-11(7-12)8-17-15-18-14-6-5-13(16)9-20(14)19-15/h2-7,9H,8,10H2,1H3,(H,17,19). The highest BCUT2D eigenvalue weighted by Crippen LogP contribution is 2.13. The Morgan fingerprint density at radius 1 is 1.24 bits per heavy atom. The van der Waals surface area contributed by atoms with Gasteiger partial charge in [0.2, 0.25) is 5.95 Å². The van der Waals surface area contributed by atoms with Gasteiger partial charge in [-0.05, 0) is 23.3 Å². The number of methoxy groups -OCH3 is 1. The molecular formula is C15H15ClN4O. The summed E-state index contributed by atoms with van der Waals surface area (Å²) in [6, 6.07) is 11.8. The smallest absolute Gasteiger partial charge is 0.243 e. The van der Waals surface area contributed by atoms with Gasteiger partial charge in [-0.1, -0.05) is 35.9 Å². The lowest BCUT2D eigenvalue weighted by atomic mass is 10.1. The molecule has 0 unspecified atom stereocenters.